The molecule has 0 heterocycles. The van der Waals surface area contributed by atoms with Gasteiger partial charge in [-0.05, 0) is 46.5 Å². The lowest BCUT2D eigenvalue weighted by molar-refractivity contribution is -0.145. The zero-order valence-corrected chi connectivity index (χ0v) is 66.3. The molecule has 0 aliphatic carbocycles. The smallest absolute Gasteiger partial charge is 0.306 e. The number of rotatable bonds is 82. The Labute approximate surface area is 625 Å². The predicted molar refractivity (Wildman–Crippen MR) is 393 cm³/mol. The fourth-order valence-electron chi connectivity index (χ4n) is 10.5. The first-order chi connectivity index (χ1) is 50.4. The minimum absolute atomic E-state index is 0.0732. The van der Waals surface area contributed by atoms with Gasteiger partial charge >= 0.3 is 5.97 Å². The number of aryl methyl sites for hydroxylation is 1. The number of phenolic OH excluding ortho intramolecular Hbond substituents is 1. The summed E-state index contributed by atoms with van der Waals surface area (Å²) in [6.45, 7) is 45.8. The van der Waals surface area contributed by atoms with Crippen LogP contribution in [0.2, 0.25) is 0 Å². The third-order valence-electron chi connectivity index (χ3n) is 14.7. The maximum absolute atomic E-state index is 12.8. The van der Waals surface area contributed by atoms with E-state index in [1.807, 2.05) is 0 Å². The van der Waals surface area contributed by atoms with Gasteiger partial charge in [0.25, 0.3) is 0 Å². The molecule has 0 saturated carbocycles. The van der Waals surface area contributed by atoms with E-state index in [9.17, 15) is 9.90 Å². The summed E-state index contributed by atoms with van der Waals surface area (Å²) < 4.78 is 143. The van der Waals surface area contributed by atoms with E-state index in [4.69, 9.17) is 123 Å². The second-order valence-electron chi connectivity index (χ2n) is 27.7. The Morgan fingerprint density at radius 2 is 0.413 bits per heavy atom. The molecule has 616 valence electrons. The molecule has 1 aromatic rings. The van der Waals surface area contributed by atoms with Gasteiger partial charge in [0, 0.05) is 24.7 Å². The normalized spacial score (nSPS) is 12.4. The Balaban J connectivity index is 1.72. The molecule has 0 amide bonds. The summed E-state index contributed by atoms with van der Waals surface area (Å²) in [6.07, 6.45) is 2.57. The van der Waals surface area contributed by atoms with Crippen molar-refractivity contribution >= 4 is 5.97 Å². The first kappa shape index (κ1) is 99.5. The van der Waals surface area contributed by atoms with Crippen LogP contribution in [-0.2, 0) is 145 Å². The Hall–Kier alpha value is -2.51. The van der Waals surface area contributed by atoms with Crippen LogP contribution in [-0.4, -0.2) is 349 Å². The van der Waals surface area contributed by atoms with E-state index in [2.05, 4.69) is 81.4 Å². The van der Waals surface area contributed by atoms with Crippen LogP contribution in [0, 0.1) is 10.8 Å². The minimum atomic E-state index is -0.276. The summed E-state index contributed by atoms with van der Waals surface area (Å²) in [5.74, 6) is 0.0960. The zero-order chi connectivity index (χ0) is 75.9. The van der Waals surface area contributed by atoms with Gasteiger partial charge in [0.05, 0.1) is 324 Å². The maximum atomic E-state index is 12.8. The van der Waals surface area contributed by atoms with E-state index in [1.165, 1.54) is 0 Å². The fraction of sp³-hybridized carbons (Fsp3) is 0.908. The van der Waals surface area contributed by atoms with Gasteiger partial charge in [-0.25, -0.2) is 0 Å². The summed E-state index contributed by atoms with van der Waals surface area (Å²) in [4.78, 5) is 12.8. The van der Waals surface area contributed by atoms with Gasteiger partial charge in [-0.3, -0.25) is 4.79 Å². The Bertz CT molecular complexity index is 1950. The second-order valence-corrected chi connectivity index (χ2v) is 27.7. The van der Waals surface area contributed by atoms with Gasteiger partial charge in [0.1, 0.15) is 12.4 Å². The molecule has 28 heteroatoms. The van der Waals surface area contributed by atoms with Crippen LogP contribution in [0.3, 0.4) is 0 Å². The van der Waals surface area contributed by atoms with E-state index in [0.717, 1.165) is 29.5 Å². The third-order valence-corrected chi connectivity index (χ3v) is 14.7. The summed E-state index contributed by atoms with van der Waals surface area (Å²) in [5.41, 5.74) is 2.52. The maximum Gasteiger partial charge on any atom is 0.306 e. The van der Waals surface area contributed by atoms with Crippen molar-refractivity contribution in [3.05, 3.63) is 28.8 Å². The third kappa shape index (κ3) is 67.6. The van der Waals surface area contributed by atoms with Crippen LogP contribution < -0.4 is 0 Å². The molecule has 0 spiro atoms. The molecule has 0 bridgehead atoms. The molecule has 28 nitrogen and oxygen atoms in total. The van der Waals surface area contributed by atoms with E-state index in [0.29, 0.717) is 329 Å². The van der Waals surface area contributed by atoms with Gasteiger partial charge in [-0.15, -0.1) is 0 Å². The van der Waals surface area contributed by atoms with Crippen molar-refractivity contribution in [2.24, 2.45) is 10.8 Å². The Morgan fingerprint density at radius 1 is 0.260 bits per heavy atom. The van der Waals surface area contributed by atoms with E-state index in [1.54, 1.807) is 7.11 Å². The van der Waals surface area contributed by atoms with E-state index >= 15 is 0 Å². The molecule has 0 saturated heterocycles. The highest BCUT2D eigenvalue weighted by atomic mass is 16.6. The number of hydrogen-bond donors (Lipinski definition) is 1. The van der Waals surface area contributed by atoms with Crippen LogP contribution in [0.5, 0.6) is 5.75 Å². The number of methoxy groups -OCH3 is 1. The molecule has 1 rings (SSSR count). The van der Waals surface area contributed by atoms with Gasteiger partial charge in [-0.1, -0.05) is 81.4 Å². The molecule has 0 aliphatic heterocycles. The number of carbonyl (C=O) groups excluding carboxylic acids is 1. The van der Waals surface area contributed by atoms with Gasteiger partial charge in [0.2, 0.25) is 0 Å². The van der Waals surface area contributed by atoms with Crippen LogP contribution in [0.1, 0.15) is 105 Å². The van der Waals surface area contributed by atoms with Crippen LogP contribution in [0.4, 0.5) is 0 Å². The van der Waals surface area contributed by atoms with Gasteiger partial charge < -0.3 is 128 Å². The Kier molecular flexibility index (Phi) is 67.8. The lowest BCUT2D eigenvalue weighted by atomic mass is 9.67. The number of esters is 1. The standard InChI is InChI=1S/C76H144O28/c1-73(2,3)66-75(7,8)69-64-68(65-70(72(69)78)76(9,10)67-74(4,5)6)12-13-71(77)104-63-62-103-61-60-102-59-58-101-57-56-100-55-54-99-53-52-98-51-50-97-49-48-96-47-46-95-45-44-94-43-42-93-41-40-92-39-38-91-37-36-90-35-34-89-33-32-88-31-30-87-29-28-86-27-26-85-25-24-84-23-22-83-21-20-82-19-18-81-17-16-80-15-14-79-11/h64-65,78H,12-63,66-67H2,1-11H3. The van der Waals surface area contributed by atoms with Crippen molar-refractivity contribution in [2.45, 2.75) is 106 Å². The number of phenols is 1. The van der Waals surface area contributed by atoms with Crippen molar-refractivity contribution in [2.75, 3.05) is 337 Å². The average Bonchev–Trinajstić information content (AvgIpc) is 0.768. The molecule has 0 aromatic heterocycles. The first-order valence-electron chi connectivity index (χ1n) is 37.7. The molecule has 0 fully saturated rings. The molecule has 1 aromatic carbocycles. The number of hydrogen-bond acceptors (Lipinski definition) is 28. The summed E-state index contributed by atoms with van der Waals surface area (Å²) in [6, 6.07) is 4.18. The van der Waals surface area contributed by atoms with Gasteiger partial charge in [-0.2, -0.15) is 0 Å². The van der Waals surface area contributed by atoms with Crippen LogP contribution >= 0.6 is 0 Å². The van der Waals surface area contributed by atoms with Crippen LogP contribution in [0.15, 0.2) is 12.1 Å². The van der Waals surface area contributed by atoms with E-state index in [-0.39, 0.29) is 47.3 Å². The van der Waals surface area contributed by atoms with Crippen molar-refractivity contribution < 1.29 is 133 Å². The molecule has 104 heavy (non-hydrogen) atoms. The number of aromatic hydroxyl groups is 1. The van der Waals surface area contributed by atoms with Gasteiger partial charge in [0.15, 0.2) is 0 Å². The lowest BCUT2D eigenvalue weighted by Crippen LogP contribution is -2.28. The second kappa shape index (κ2) is 70.8. The van der Waals surface area contributed by atoms with E-state index < -0.39 is 0 Å². The lowest BCUT2D eigenvalue weighted by Gasteiger charge is -2.37. The number of carbonyl (C=O) groups is 1. The summed E-state index contributed by atoms with van der Waals surface area (Å²) >= 11 is 0. The first-order valence-corrected chi connectivity index (χ1v) is 37.7. The summed E-state index contributed by atoms with van der Waals surface area (Å²) in [5, 5.41) is 11.7. The topological polar surface area (TPSA) is 277 Å². The minimum Gasteiger partial charge on any atom is -0.507 e. The van der Waals surface area contributed by atoms with Crippen molar-refractivity contribution in [3.63, 3.8) is 0 Å². The average molecular weight is 1510 g/mol. The van der Waals surface area contributed by atoms with Crippen molar-refractivity contribution in [3.8, 4) is 5.75 Å². The van der Waals surface area contributed by atoms with Crippen molar-refractivity contribution in [1.82, 2.24) is 0 Å². The number of benzene rings is 1. The van der Waals surface area contributed by atoms with Crippen molar-refractivity contribution in [1.29, 1.82) is 0 Å². The van der Waals surface area contributed by atoms with Crippen LogP contribution in [0.25, 0.3) is 0 Å². The molecule has 1 N–H and O–H groups in total. The molecule has 0 atom stereocenters. The molecule has 0 aliphatic rings. The molecule has 0 unspecified atom stereocenters. The largest absolute Gasteiger partial charge is 0.507 e. The quantitative estimate of drug-likeness (QED) is 0.0493. The fourth-order valence-corrected chi connectivity index (χ4v) is 10.5. The summed E-state index contributed by atoms with van der Waals surface area (Å²) in [7, 11) is 1.64. The monoisotopic (exact) mass is 1500 g/mol. The molecular formula is C76H144O28. The number of ether oxygens (including phenoxy) is 26. The highest BCUT2D eigenvalue weighted by Gasteiger charge is 2.36. The molecular weight excluding hydrogens is 1360 g/mol. The zero-order valence-electron chi connectivity index (χ0n) is 66.3. The Morgan fingerprint density at radius 3 is 0.567 bits per heavy atom. The highest BCUT2D eigenvalue weighted by molar-refractivity contribution is 5.69. The molecule has 0 radical (unpaired) electrons. The SMILES string of the molecule is COCCOCCOCCOCCOCCOCCOCCOCCOCCOCCOCCOCCOCCOCCOCCOCCOCCOCCOCCOCCOCCOCCOCCOCCOCCOC(=O)CCc1cc(C(C)(C)CC(C)(C)C)c(O)c(C(C)(C)CC(C)(C)C)c1. The highest BCUT2D eigenvalue weighted by Crippen LogP contribution is 2.47. The predicted octanol–water partition coefficient (Wildman–Crippen LogP) is 7.34.